The van der Waals surface area contributed by atoms with Crippen molar-refractivity contribution >= 4 is 29.9 Å². The van der Waals surface area contributed by atoms with Crippen molar-refractivity contribution in [2.45, 2.75) is 32.5 Å². The topological polar surface area (TPSA) is 65.9 Å². The average Bonchev–Trinajstić information content (AvgIpc) is 2.72. The number of rotatable bonds is 10. The third kappa shape index (κ3) is 10.0. The van der Waals surface area contributed by atoms with Crippen molar-refractivity contribution < 1.29 is 14.2 Å². The van der Waals surface area contributed by atoms with Crippen LogP contribution in [0.15, 0.2) is 59.6 Å². The van der Waals surface area contributed by atoms with E-state index in [2.05, 4.69) is 15.6 Å². The number of guanidine groups is 1. The molecule has 0 spiro atoms. The van der Waals surface area contributed by atoms with Gasteiger partial charge in [-0.3, -0.25) is 4.99 Å². The molecule has 0 aliphatic carbocycles. The Labute approximate surface area is 189 Å². The molecule has 5 nitrogen and oxygen atoms in total. The summed E-state index contributed by atoms with van der Waals surface area (Å²) in [6, 6.07) is 16.4. The lowest BCUT2D eigenvalue weighted by Crippen LogP contribution is -2.39. The van der Waals surface area contributed by atoms with Gasteiger partial charge in [-0.15, -0.1) is 24.0 Å². The lowest BCUT2D eigenvalue weighted by molar-refractivity contribution is 0.00112. The monoisotopic (exact) mass is 515 g/mol. The summed E-state index contributed by atoms with van der Waals surface area (Å²) < 4.78 is 18.7. The fourth-order valence-corrected chi connectivity index (χ4v) is 2.64. The van der Waals surface area contributed by atoms with E-state index < -0.39 is 6.10 Å². The minimum atomic E-state index is -0.682. The smallest absolute Gasteiger partial charge is 0.191 e. The quantitative estimate of drug-likeness (QED) is 0.257. The Morgan fingerprint density at radius 1 is 1.10 bits per heavy atom. The minimum Gasteiger partial charge on any atom is -0.389 e. The highest BCUT2D eigenvalue weighted by molar-refractivity contribution is 14.0. The maximum absolute atomic E-state index is 12.9. The molecule has 2 aromatic rings. The first kappa shape index (κ1) is 25.3. The summed E-state index contributed by atoms with van der Waals surface area (Å²) >= 11 is 0. The first-order valence-corrected chi connectivity index (χ1v) is 9.69. The highest BCUT2D eigenvalue weighted by Crippen LogP contribution is 2.15. The van der Waals surface area contributed by atoms with Crippen LogP contribution in [-0.4, -0.2) is 43.4 Å². The number of benzene rings is 2. The van der Waals surface area contributed by atoms with E-state index in [9.17, 15) is 9.50 Å². The number of nitrogens with one attached hydrogen (secondary N) is 2. The van der Waals surface area contributed by atoms with E-state index in [0.717, 1.165) is 24.1 Å². The van der Waals surface area contributed by atoms with E-state index in [1.165, 1.54) is 12.1 Å². The summed E-state index contributed by atoms with van der Waals surface area (Å²) in [4.78, 5) is 4.41. The van der Waals surface area contributed by atoms with Crippen LogP contribution in [0.4, 0.5) is 4.39 Å². The number of ether oxygens (including phenoxy) is 1. The number of halogens is 2. The van der Waals surface area contributed by atoms with E-state index in [1.807, 2.05) is 44.2 Å². The molecule has 0 saturated heterocycles. The van der Waals surface area contributed by atoms with Crippen molar-refractivity contribution in [2.75, 3.05) is 26.2 Å². The third-order valence-electron chi connectivity index (χ3n) is 4.23. The molecule has 29 heavy (non-hydrogen) atoms. The second-order valence-electron chi connectivity index (χ2n) is 6.56. The van der Waals surface area contributed by atoms with E-state index in [4.69, 9.17) is 4.74 Å². The van der Waals surface area contributed by atoms with Crippen molar-refractivity contribution in [1.29, 1.82) is 0 Å². The van der Waals surface area contributed by atoms with Gasteiger partial charge in [-0.1, -0.05) is 42.5 Å². The van der Waals surface area contributed by atoms with E-state index in [-0.39, 0.29) is 49.0 Å². The zero-order valence-electron chi connectivity index (χ0n) is 17.0. The van der Waals surface area contributed by atoms with Crippen LogP contribution in [-0.2, 0) is 11.2 Å². The van der Waals surface area contributed by atoms with Gasteiger partial charge in [-0.2, -0.15) is 0 Å². The van der Waals surface area contributed by atoms with Crippen LogP contribution >= 0.6 is 24.0 Å². The molecule has 0 heterocycles. The maximum Gasteiger partial charge on any atom is 0.191 e. The Kier molecular flexibility index (Phi) is 12.5. The number of hydrogen-bond acceptors (Lipinski definition) is 3. The summed E-state index contributed by atoms with van der Waals surface area (Å²) in [7, 11) is 0. The van der Waals surface area contributed by atoms with Crippen LogP contribution < -0.4 is 10.6 Å². The SMILES string of the molecule is CCNC(=NCC(O)COC(C)c1ccccc1)NCCc1ccc(F)cc1.I. The van der Waals surface area contributed by atoms with Gasteiger partial charge in [-0.05, 0) is 43.5 Å². The van der Waals surface area contributed by atoms with Crippen LogP contribution in [0.1, 0.15) is 31.1 Å². The van der Waals surface area contributed by atoms with Crippen molar-refractivity contribution in [2.24, 2.45) is 4.99 Å². The Balaban J connectivity index is 0.00000420. The molecule has 2 rings (SSSR count). The van der Waals surface area contributed by atoms with Crippen LogP contribution in [0.2, 0.25) is 0 Å². The molecule has 2 atom stereocenters. The van der Waals surface area contributed by atoms with Crippen molar-refractivity contribution in [3.63, 3.8) is 0 Å². The Hall–Kier alpha value is -1.71. The molecule has 2 unspecified atom stereocenters. The minimum absolute atomic E-state index is 0. The molecule has 0 aliphatic heterocycles. The Bertz CT molecular complexity index is 714. The zero-order valence-corrected chi connectivity index (χ0v) is 19.3. The second kappa shape index (κ2) is 14.3. The molecule has 0 amide bonds. The highest BCUT2D eigenvalue weighted by atomic mass is 127. The largest absolute Gasteiger partial charge is 0.389 e. The molecule has 2 aromatic carbocycles. The van der Waals surface area contributed by atoms with Gasteiger partial charge >= 0.3 is 0 Å². The van der Waals surface area contributed by atoms with Crippen molar-refractivity contribution in [3.05, 3.63) is 71.5 Å². The van der Waals surface area contributed by atoms with Crippen molar-refractivity contribution in [1.82, 2.24) is 10.6 Å². The Morgan fingerprint density at radius 3 is 2.45 bits per heavy atom. The Morgan fingerprint density at radius 2 is 1.79 bits per heavy atom. The first-order valence-electron chi connectivity index (χ1n) is 9.69. The highest BCUT2D eigenvalue weighted by Gasteiger charge is 2.10. The molecule has 3 N–H and O–H groups in total. The van der Waals surface area contributed by atoms with Crippen LogP contribution in [0.5, 0.6) is 0 Å². The van der Waals surface area contributed by atoms with E-state index in [0.29, 0.717) is 12.5 Å². The number of hydrogen-bond donors (Lipinski definition) is 3. The second-order valence-corrected chi connectivity index (χ2v) is 6.56. The number of aliphatic imine (C=N–C) groups is 1. The molecular weight excluding hydrogens is 484 g/mol. The maximum atomic E-state index is 12.9. The molecule has 0 bridgehead atoms. The zero-order chi connectivity index (χ0) is 20.2. The van der Waals surface area contributed by atoms with Gasteiger partial charge in [0.2, 0.25) is 0 Å². The third-order valence-corrected chi connectivity index (χ3v) is 4.23. The van der Waals surface area contributed by atoms with Crippen LogP contribution in [0, 0.1) is 5.82 Å². The van der Waals surface area contributed by atoms with Gasteiger partial charge in [0.05, 0.1) is 25.4 Å². The summed E-state index contributed by atoms with van der Waals surface area (Å²) in [5, 5.41) is 16.5. The van der Waals surface area contributed by atoms with Gasteiger partial charge in [0.25, 0.3) is 0 Å². The predicted molar refractivity (Wildman–Crippen MR) is 126 cm³/mol. The van der Waals surface area contributed by atoms with Crippen molar-refractivity contribution in [3.8, 4) is 0 Å². The standard InChI is InChI=1S/C22H30FN3O2.HI/c1-3-24-22(25-14-13-18-9-11-20(23)12-10-18)26-15-21(27)16-28-17(2)19-7-5-4-6-8-19;/h4-12,17,21,27H,3,13-16H2,1-2H3,(H2,24,25,26);1H. The predicted octanol–water partition coefficient (Wildman–Crippen LogP) is 3.68. The van der Waals surface area contributed by atoms with Gasteiger partial charge in [0.15, 0.2) is 5.96 Å². The van der Waals surface area contributed by atoms with Gasteiger partial charge < -0.3 is 20.5 Å². The van der Waals surface area contributed by atoms with Gasteiger partial charge in [0, 0.05) is 13.1 Å². The molecule has 0 fully saturated rings. The average molecular weight is 515 g/mol. The fraction of sp³-hybridized carbons (Fsp3) is 0.409. The molecular formula is C22H31FIN3O2. The summed E-state index contributed by atoms with van der Waals surface area (Å²) in [6.45, 7) is 5.79. The molecule has 160 valence electrons. The lowest BCUT2D eigenvalue weighted by Gasteiger charge is -2.17. The summed E-state index contributed by atoms with van der Waals surface area (Å²) in [5.41, 5.74) is 2.13. The lowest BCUT2D eigenvalue weighted by atomic mass is 10.1. The summed E-state index contributed by atoms with van der Waals surface area (Å²) in [5.74, 6) is 0.407. The molecule has 0 aliphatic rings. The summed E-state index contributed by atoms with van der Waals surface area (Å²) in [6.07, 6.45) is -0.00841. The van der Waals surface area contributed by atoms with Crippen LogP contribution in [0.3, 0.4) is 0 Å². The molecule has 0 aromatic heterocycles. The van der Waals surface area contributed by atoms with Crippen LogP contribution in [0.25, 0.3) is 0 Å². The molecule has 0 radical (unpaired) electrons. The normalized spacial score (nSPS) is 13.3. The van der Waals surface area contributed by atoms with E-state index >= 15 is 0 Å². The fourth-order valence-electron chi connectivity index (χ4n) is 2.64. The molecule has 7 heteroatoms. The number of aliphatic hydroxyl groups excluding tert-OH is 1. The number of nitrogens with zero attached hydrogens (tertiary/aromatic N) is 1. The first-order chi connectivity index (χ1) is 13.6. The van der Waals surface area contributed by atoms with E-state index in [1.54, 1.807) is 12.1 Å². The molecule has 0 saturated carbocycles. The number of aliphatic hydroxyl groups is 1. The van der Waals surface area contributed by atoms with Gasteiger partial charge in [0.1, 0.15) is 5.82 Å². The van der Waals surface area contributed by atoms with Gasteiger partial charge in [-0.25, -0.2) is 4.39 Å².